The van der Waals surface area contributed by atoms with Gasteiger partial charge in [-0.1, -0.05) is 0 Å². The number of hydrogen-bond acceptors (Lipinski definition) is 7. The largest absolute Gasteiger partial charge is 0.504 e. The molecule has 1 heterocycles. The minimum Gasteiger partial charge on any atom is -0.504 e. The maximum atomic E-state index is 9.54. The molecule has 0 fully saturated rings. The van der Waals surface area contributed by atoms with Crippen LogP contribution in [0.3, 0.4) is 0 Å². The first-order valence-electron chi connectivity index (χ1n) is 5.52. The molecule has 2 aromatic rings. The Balaban J connectivity index is 2.61. The summed E-state index contributed by atoms with van der Waals surface area (Å²) in [4.78, 5) is 7.85. The molecular weight excluding hydrogens is 258 g/mol. The Morgan fingerprint density at radius 1 is 1.25 bits per heavy atom. The van der Waals surface area contributed by atoms with Gasteiger partial charge in [0.25, 0.3) is 0 Å². The van der Waals surface area contributed by atoms with Crippen LogP contribution < -0.4 is 11.5 Å². The van der Waals surface area contributed by atoms with Gasteiger partial charge in [-0.15, -0.1) is 0 Å². The monoisotopic (exact) mass is 269 g/mol. The Morgan fingerprint density at radius 3 is 2.55 bits per heavy atom. The quantitative estimate of drug-likeness (QED) is 0.359. The van der Waals surface area contributed by atoms with Crippen molar-refractivity contribution in [3.63, 3.8) is 0 Å². The van der Waals surface area contributed by atoms with Crippen molar-refractivity contribution in [2.75, 3.05) is 5.73 Å². The van der Waals surface area contributed by atoms with Crippen LogP contribution in [0.15, 0.2) is 30.7 Å². The number of benzene rings is 1. The standard InChI is InChI=1S/C13H11N5O2/c14-5-8(10-6-17-1-2-18-10)12(16)7-3-9(15)13(20)11(19)4-7/h1-4,6,19-20H,15-16H2/b12-8-. The highest BCUT2D eigenvalue weighted by Crippen LogP contribution is 2.34. The highest BCUT2D eigenvalue weighted by atomic mass is 16.3. The van der Waals surface area contributed by atoms with Crippen LogP contribution in [0.2, 0.25) is 0 Å². The second-order valence-corrected chi connectivity index (χ2v) is 3.92. The molecule has 0 saturated heterocycles. The summed E-state index contributed by atoms with van der Waals surface area (Å²) in [5, 5.41) is 28.1. The highest BCUT2D eigenvalue weighted by Gasteiger charge is 2.13. The average molecular weight is 269 g/mol. The Morgan fingerprint density at radius 2 is 2.00 bits per heavy atom. The van der Waals surface area contributed by atoms with E-state index in [0.29, 0.717) is 11.3 Å². The van der Waals surface area contributed by atoms with Crippen molar-refractivity contribution in [1.82, 2.24) is 9.97 Å². The third-order valence-electron chi connectivity index (χ3n) is 2.63. The van der Waals surface area contributed by atoms with E-state index in [1.165, 1.54) is 30.7 Å². The van der Waals surface area contributed by atoms with Crippen molar-refractivity contribution < 1.29 is 10.2 Å². The molecule has 0 aliphatic rings. The zero-order valence-electron chi connectivity index (χ0n) is 10.3. The van der Waals surface area contributed by atoms with Gasteiger partial charge < -0.3 is 21.7 Å². The van der Waals surface area contributed by atoms with Crippen LogP contribution in [0, 0.1) is 11.3 Å². The molecule has 7 heteroatoms. The summed E-state index contributed by atoms with van der Waals surface area (Å²) >= 11 is 0. The lowest BCUT2D eigenvalue weighted by Crippen LogP contribution is -2.03. The molecule has 0 spiro atoms. The maximum Gasteiger partial charge on any atom is 0.181 e. The predicted octanol–water partition coefficient (Wildman–Crippen LogP) is 0.821. The Bertz CT molecular complexity index is 696. The number of rotatable bonds is 2. The third-order valence-corrected chi connectivity index (χ3v) is 2.63. The Kier molecular flexibility index (Phi) is 3.39. The average Bonchev–Trinajstić information content (AvgIpc) is 2.46. The summed E-state index contributed by atoms with van der Waals surface area (Å²) in [5.74, 6) is -0.848. The lowest BCUT2D eigenvalue weighted by molar-refractivity contribution is 0.405. The van der Waals surface area contributed by atoms with E-state index in [1.54, 1.807) is 0 Å². The number of nitrogens with two attached hydrogens (primary N) is 2. The highest BCUT2D eigenvalue weighted by molar-refractivity contribution is 5.95. The molecule has 2 rings (SSSR count). The van der Waals surface area contributed by atoms with Crippen molar-refractivity contribution in [2.45, 2.75) is 0 Å². The van der Waals surface area contributed by atoms with Gasteiger partial charge in [0.2, 0.25) is 0 Å². The van der Waals surface area contributed by atoms with Crippen LogP contribution in [0.4, 0.5) is 5.69 Å². The lowest BCUT2D eigenvalue weighted by atomic mass is 10.0. The van der Waals surface area contributed by atoms with E-state index < -0.39 is 11.5 Å². The van der Waals surface area contributed by atoms with Crippen molar-refractivity contribution >= 4 is 17.0 Å². The second-order valence-electron chi connectivity index (χ2n) is 3.92. The van der Waals surface area contributed by atoms with Gasteiger partial charge in [0.15, 0.2) is 11.5 Å². The first-order valence-corrected chi connectivity index (χ1v) is 5.52. The first kappa shape index (κ1) is 13.2. The molecule has 7 nitrogen and oxygen atoms in total. The van der Waals surface area contributed by atoms with Gasteiger partial charge in [0.05, 0.1) is 17.6 Å². The predicted molar refractivity (Wildman–Crippen MR) is 72.8 cm³/mol. The van der Waals surface area contributed by atoms with E-state index in [2.05, 4.69) is 9.97 Å². The van der Waals surface area contributed by atoms with Crippen molar-refractivity contribution in [3.8, 4) is 17.6 Å². The fourth-order valence-electron chi connectivity index (χ4n) is 1.62. The summed E-state index contributed by atoms with van der Waals surface area (Å²) in [6.45, 7) is 0. The van der Waals surface area contributed by atoms with Gasteiger partial charge in [0, 0.05) is 18.0 Å². The minimum absolute atomic E-state index is 0.0422. The molecule has 0 unspecified atom stereocenters. The summed E-state index contributed by atoms with van der Waals surface area (Å²) in [5.41, 5.74) is 12.2. The number of aromatic nitrogens is 2. The zero-order valence-corrected chi connectivity index (χ0v) is 10.3. The summed E-state index contributed by atoms with van der Waals surface area (Å²) in [6.07, 6.45) is 4.30. The summed E-state index contributed by atoms with van der Waals surface area (Å²) in [7, 11) is 0. The number of phenolic OH excluding ortho intramolecular Hbond substituents is 2. The molecule has 0 aliphatic heterocycles. The van der Waals surface area contributed by atoms with E-state index in [0.717, 1.165) is 0 Å². The molecular formula is C13H11N5O2. The van der Waals surface area contributed by atoms with Crippen LogP contribution >= 0.6 is 0 Å². The summed E-state index contributed by atoms with van der Waals surface area (Å²) in [6, 6.07) is 4.51. The molecule has 1 aromatic carbocycles. The molecule has 6 N–H and O–H groups in total. The van der Waals surface area contributed by atoms with Crippen LogP contribution in [0.5, 0.6) is 11.5 Å². The molecule has 0 saturated carbocycles. The second kappa shape index (κ2) is 5.16. The Hall–Kier alpha value is -3.27. The van der Waals surface area contributed by atoms with E-state index in [9.17, 15) is 15.5 Å². The molecule has 0 amide bonds. The minimum atomic E-state index is -0.431. The number of nitrogen functional groups attached to an aromatic ring is 1. The van der Waals surface area contributed by atoms with E-state index in [4.69, 9.17) is 11.5 Å². The zero-order chi connectivity index (χ0) is 14.7. The van der Waals surface area contributed by atoms with Gasteiger partial charge in [-0.3, -0.25) is 9.97 Å². The van der Waals surface area contributed by atoms with Crippen LogP contribution in [-0.2, 0) is 0 Å². The van der Waals surface area contributed by atoms with Crippen molar-refractivity contribution in [1.29, 1.82) is 5.26 Å². The topological polar surface area (TPSA) is 142 Å². The van der Waals surface area contributed by atoms with Crippen LogP contribution in [-0.4, -0.2) is 20.2 Å². The number of nitrogens with zero attached hydrogens (tertiary/aromatic N) is 3. The van der Waals surface area contributed by atoms with Crippen molar-refractivity contribution in [2.24, 2.45) is 5.73 Å². The van der Waals surface area contributed by atoms with Crippen LogP contribution in [0.25, 0.3) is 11.3 Å². The molecule has 0 radical (unpaired) electrons. The van der Waals surface area contributed by atoms with Crippen LogP contribution in [0.1, 0.15) is 11.3 Å². The lowest BCUT2D eigenvalue weighted by Gasteiger charge is -2.08. The normalized spacial score (nSPS) is 11.6. The van der Waals surface area contributed by atoms with Gasteiger partial charge >= 0.3 is 0 Å². The number of nitriles is 1. The number of phenols is 2. The van der Waals surface area contributed by atoms with E-state index >= 15 is 0 Å². The van der Waals surface area contributed by atoms with Crippen molar-refractivity contribution in [3.05, 3.63) is 42.0 Å². The SMILES string of the molecule is N#C/C(=C(/N)c1cc(N)c(O)c(O)c1)c1cnccn1. The molecule has 0 atom stereocenters. The number of aromatic hydroxyl groups is 2. The summed E-state index contributed by atoms with van der Waals surface area (Å²) < 4.78 is 0. The molecule has 0 bridgehead atoms. The van der Waals surface area contributed by atoms with Gasteiger partial charge in [-0.2, -0.15) is 5.26 Å². The molecule has 0 aliphatic carbocycles. The molecule has 20 heavy (non-hydrogen) atoms. The van der Waals surface area contributed by atoms with Gasteiger partial charge in [-0.05, 0) is 12.1 Å². The molecule has 100 valence electrons. The van der Waals surface area contributed by atoms with E-state index in [1.807, 2.05) is 6.07 Å². The fourth-order valence-corrected chi connectivity index (χ4v) is 1.62. The van der Waals surface area contributed by atoms with Gasteiger partial charge in [0.1, 0.15) is 17.3 Å². The van der Waals surface area contributed by atoms with E-state index in [-0.39, 0.29) is 17.0 Å². The Labute approximate surface area is 114 Å². The number of anilines is 1. The smallest absolute Gasteiger partial charge is 0.181 e. The maximum absolute atomic E-state index is 9.54. The number of hydrogen-bond donors (Lipinski definition) is 4. The fraction of sp³-hybridized carbons (Fsp3) is 0. The number of allylic oxidation sites excluding steroid dienone is 1. The third kappa shape index (κ3) is 2.30. The molecule has 1 aromatic heterocycles. The first-order chi connectivity index (χ1) is 9.54. The van der Waals surface area contributed by atoms with Gasteiger partial charge in [-0.25, -0.2) is 0 Å².